The van der Waals surface area contributed by atoms with E-state index in [9.17, 15) is 14.7 Å². The number of carboxylic acids is 1. The minimum absolute atomic E-state index is 0.131. The first kappa shape index (κ1) is 25.3. The van der Waals surface area contributed by atoms with Gasteiger partial charge in [0.25, 0.3) is 5.91 Å². The van der Waals surface area contributed by atoms with Gasteiger partial charge in [-0.15, -0.1) is 0 Å². The summed E-state index contributed by atoms with van der Waals surface area (Å²) >= 11 is 7.17. The number of aliphatic imine (C=N–C) groups is 1. The van der Waals surface area contributed by atoms with Crippen LogP contribution in [0.3, 0.4) is 0 Å². The molecule has 0 spiro atoms. The average Bonchev–Trinajstić information content (AvgIpc) is 3.12. The van der Waals surface area contributed by atoms with E-state index in [1.54, 1.807) is 25.3 Å². The zero-order valence-corrected chi connectivity index (χ0v) is 21.2. The lowest BCUT2D eigenvalue weighted by Gasteiger charge is -2.13. The van der Waals surface area contributed by atoms with Crippen LogP contribution < -0.4 is 9.47 Å². The molecular weight excluding hydrogens is 500 g/mol. The summed E-state index contributed by atoms with van der Waals surface area (Å²) in [7, 11) is 1.63. The Labute approximate surface area is 218 Å². The molecule has 9 heteroatoms. The van der Waals surface area contributed by atoms with E-state index in [1.807, 2.05) is 49.4 Å². The summed E-state index contributed by atoms with van der Waals surface area (Å²) in [4.78, 5) is 30.5. The number of hydrogen-bond donors (Lipinski definition) is 1. The van der Waals surface area contributed by atoms with E-state index in [1.165, 1.54) is 28.8 Å². The minimum atomic E-state index is -1.04. The van der Waals surface area contributed by atoms with Crippen LogP contribution in [0.25, 0.3) is 6.08 Å². The van der Waals surface area contributed by atoms with Crippen molar-refractivity contribution in [1.29, 1.82) is 0 Å². The Morgan fingerprint density at radius 2 is 1.86 bits per heavy atom. The van der Waals surface area contributed by atoms with E-state index in [0.717, 1.165) is 11.1 Å². The number of ether oxygens (including phenoxy) is 2. The van der Waals surface area contributed by atoms with Gasteiger partial charge in [0.1, 0.15) is 6.61 Å². The van der Waals surface area contributed by atoms with Crippen molar-refractivity contribution < 1.29 is 24.2 Å². The predicted molar refractivity (Wildman–Crippen MR) is 142 cm³/mol. The van der Waals surface area contributed by atoms with E-state index in [-0.39, 0.29) is 11.5 Å². The van der Waals surface area contributed by atoms with Crippen LogP contribution in [0.4, 0.5) is 5.69 Å². The number of aromatic carboxylic acids is 1. The van der Waals surface area contributed by atoms with Crippen LogP contribution in [0.2, 0.25) is 5.02 Å². The Hall–Kier alpha value is -3.75. The van der Waals surface area contributed by atoms with Crippen molar-refractivity contribution in [3.05, 3.63) is 93.3 Å². The topological polar surface area (TPSA) is 88.4 Å². The fourth-order valence-corrected chi connectivity index (χ4v) is 4.48. The van der Waals surface area contributed by atoms with Gasteiger partial charge in [-0.3, -0.25) is 9.69 Å². The van der Waals surface area contributed by atoms with Crippen molar-refractivity contribution in [3.8, 4) is 11.5 Å². The molecule has 3 aromatic rings. The number of thioether (sulfide) groups is 1. The van der Waals surface area contributed by atoms with Crippen LogP contribution in [0, 0.1) is 0 Å². The fourth-order valence-electron chi connectivity index (χ4n) is 3.37. The van der Waals surface area contributed by atoms with E-state index in [0.29, 0.717) is 45.5 Å². The van der Waals surface area contributed by atoms with Crippen molar-refractivity contribution in [1.82, 2.24) is 4.90 Å². The molecule has 3 aromatic carbocycles. The zero-order valence-electron chi connectivity index (χ0n) is 19.6. The highest BCUT2D eigenvalue weighted by Gasteiger charge is 2.30. The summed E-state index contributed by atoms with van der Waals surface area (Å²) < 4.78 is 11.7. The van der Waals surface area contributed by atoms with Crippen LogP contribution in [-0.2, 0) is 11.4 Å². The molecule has 1 heterocycles. The molecule has 0 atom stereocenters. The zero-order chi connectivity index (χ0) is 25.7. The normalized spacial score (nSPS) is 15.5. The third kappa shape index (κ3) is 6.08. The highest BCUT2D eigenvalue weighted by molar-refractivity contribution is 8.18. The SMILES string of the molecule is CCOc1cc(/C=C2\SC(=Nc3cccc(C(=O)O)c3)N(C)C2=O)ccc1OCc1ccc(Cl)cc1. The molecule has 1 amide bonds. The van der Waals surface area contributed by atoms with E-state index < -0.39 is 5.97 Å². The molecule has 0 aliphatic carbocycles. The van der Waals surface area contributed by atoms with Gasteiger partial charge in [-0.2, -0.15) is 0 Å². The number of carboxylic acid groups (broad SMARTS) is 1. The molecule has 36 heavy (non-hydrogen) atoms. The molecule has 0 radical (unpaired) electrons. The van der Waals surface area contributed by atoms with Gasteiger partial charge >= 0.3 is 5.97 Å². The first-order valence-electron chi connectivity index (χ1n) is 11.1. The molecule has 1 saturated heterocycles. The predicted octanol–water partition coefficient (Wildman–Crippen LogP) is 6.25. The van der Waals surface area contributed by atoms with Crippen LogP contribution in [0.15, 0.2) is 76.6 Å². The monoisotopic (exact) mass is 522 g/mol. The molecule has 1 aliphatic heterocycles. The molecule has 0 bridgehead atoms. The first-order chi connectivity index (χ1) is 17.3. The third-order valence-electron chi connectivity index (χ3n) is 5.19. The largest absolute Gasteiger partial charge is 0.490 e. The Morgan fingerprint density at radius 1 is 1.08 bits per heavy atom. The maximum Gasteiger partial charge on any atom is 0.335 e. The third-order valence-corrected chi connectivity index (χ3v) is 6.51. The minimum Gasteiger partial charge on any atom is -0.490 e. The van der Waals surface area contributed by atoms with Crippen LogP contribution in [-0.4, -0.2) is 40.7 Å². The molecule has 1 aliphatic rings. The quantitative estimate of drug-likeness (QED) is 0.352. The Kier molecular flexibility index (Phi) is 7.97. The molecule has 0 aromatic heterocycles. The lowest BCUT2D eigenvalue weighted by Crippen LogP contribution is -2.23. The van der Waals surface area contributed by atoms with Gasteiger partial charge in [0.15, 0.2) is 16.7 Å². The fraction of sp³-hybridized carbons (Fsp3) is 0.148. The van der Waals surface area contributed by atoms with Crippen molar-refractivity contribution in [2.45, 2.75) is 13.5 Å². The summed E-state index contributed by atoms with van der Waals surface area (Å²) in [6.07, 6.45) is 1.77. The molecule has 7 nitrogen and oxygen atoms in total. The molecule has 4 rings (SSSR count). The van der Waals surface area contributed by atoms with Gasteiger partial charge in [0.05, 0.1) is 22.8 Å². The van der Waals surface area contributed by atoms with Gasteiger partial charge in [-0.1, -0.05) is 35.9 Å². The van der Waals surface area contributed by atoms with Crippen molar-refractivity contribution >= 4 is 52.2 Å². The lowest BCUT2D eigenvalue weighted by molar-refractivity contribution is -0.121. The number of hydrogen-bond acceptors (Lipinski definition) is 6. The number of amidine groups is 1. The Morgan fingerprint density at radius 3 is 2.58 bits per heavy atom. The average molecular weight is 523 g/mol. The Bertz CT molecular complexity index is 1350. The highest BCUT2D eigenvalue weighted by Crippen LogP contribution is 2.35. The van der Waals surface area contributed by atoms with E-state index in [4.69, 9.17) is 21.1 Å². The standard InChI is InChI=1S/C27H23ClN2O5S/c1-3-34-23-13-18(9-12-22(23)35-16-17-7-10-20(28)11-8-17)14-24-25(31)30(2)27(36-24)29-21-6-4-5-19(15-21)26(32)33/h4-15H,3,16H2,1-2H3,(H,32,33)/b24-14-,29-27?. The number of carbonyl (C=O) groups excluding carboxylic acids is 1. The van der Waals surface area contributed by atoms with Crippen LogP contribution in [0.5, 0.6) is 11.5 Å². The molecule has 1 fully saturated rings. The first-order valence-corrected chi connectivity index (χ1v) is 12.3. The number of benzene rings is 3. The molecule has 1 N–H and O–H groups in total. The summed E-state index contributed by atoms with van der Waals surface area (Å²) in [5, 5.41) is 10.3. The number of rotatable bonds is 8. The smallest absolute Gasteiger partial charge is 0.335 e. The number of halogens is 1. The second-order valence-electron chi connectivity index (χ2n) is 7.78. The molecular formula is C27H23ClN2O5S. The van der Waals surface area contributed by atoms with Gasteiger partial charge in [-0.05, 0) is 78.4 Å². The van der Waals surface area contributed by atoms with Crippen molar-refractivity contribution in [2.75, 3.05) is 13.7 Å². The number of carbonyl (C=O) groups is 2. The summed E-state index contributed by atoms with van der Waals surface area (Å²) in [6.45, 7) is 2.71. The van der Waals surface area contributed by atoms with Gasteiger partial charge < -0.3 is 14.6 Å². The lowest BCUT2D eigenvalue weighted by atomic mass is 10.1. The second-order valence-corrected chi connectivity index (χ2v) is 9.22. The Balaban J connectivity index is 1.54. The van der Waals surface area contributed by atoms with Crippen molar-refractivity contribution in [3.63, 3.8) is 0 Å². The van der Waals surface area contributed by atoms with Crippen LogP contribution >= 0.6 is 23.4 Å². The summed E-state index contributed by atoms with van der Waals surface area (Å²) in [5.41, 5.74) is 2.34. The highest BCUT2D eigenvalue weighted by atomic mass is 35.5. The van der Waals surface area contributed by atoms with Crippen LogP contribution in [0.1, 0.15) is 28.4 Å². The van der Waals surface area contributed by atoms with Gasteiger partial charge in [0, 0.05) is 12.1 Å². The van der Waals surface area contributed by atoms with Crippen molar-refractivity contribution in [2.24, 2.45) is 4.99 Å². The molecule has 0 unspecified atom stereocenters. The summed E-state index contributed by atoms with van der Waals surface area (Å²) in [6, 6.07) is 19.2. The maximum absolute atomic E-state index is 12.8. The molecule has 0 saturated carbocycles. The number of nitrogens with zero attached hydrogens (tertiary/aromatic N) is 2. The number of likely N-dealkylation sites (N-methyl/N-ethyl adjacent to an activating group) is 1. The molecule has 184 valence electrons. The van der Waals surface area contributed by atoms with Gasteiger partial charge in [0.2, 0.25) is 0 Å². The maximum atomic E-state index is 12.8. The number of amides is 1. The van der Waals surface area contributed by atoms with E-state index in [2.05, 4.69) is 4.99 Å². The van der Waals surface area contributed by atoms with E-state index >= 15 is 0 Å². The summed E-state index contributed by atoms with van der Waals surface area (Å²) in [5.74, 6) is -0.0676. The van der Waals surface area contributed by atoms with Gasteiger partial charge in [-0.25, -0.2) is 9.79 Å². The second kappa shape index (κ2) is 11.3.